The maximum atomic E-state index is 13.6. The number of likely N-dealkylation sites (N-methyl/N-ethyl adjacent to an activating group) is 1. The Hall–Kier alpha value is -1.75. The normalized spacial score (nSPS) is 15.9. The van der Waals surface area contributed by atoms with Crippen molar-refractivity contribution in [2.75, 3.05) is 13.6 Å². The Bertz CT molecular complexity index is 549. The van der Waals surface area contributed by atoms with Crippen LogP contribution in [0.4, 0.5) is 4.39 Å². The third-order valence-electron chi connectivity index (χ3n) is 3.09. The van der Waals surface area contributed by atoms with Crippen molar-refractivity contribution < 1.29 is 4.39 Å². The van der Waals surface area contributed by atoms with Crippen molar-refractivity contribution in [3.63, 3.8) is 0 Å². The first-order valence-electron chi connectivity index (χ1n) is 5.59. The predicted octanol–water partition coefficient (Wildman–Crippen LogP) is 1.53. The minimum atomic E-state index is -0.436. The average molecular weight is 232 g/mol. The zero-order chi connectivity index (χ0) is 11.8. The Labute approximate surface area is 98.7 Å². The van der Waals surface area contributed by atoms with Crippen molar-refractivity contribution in [1.82, 2.24) is 19.4 Å². The molecular weight excluding hydrogens is 219 g/mol. The van der Waals surface area contributed by atoms with Crippen LogP contribution in [0.25, 0.3) is 11.3 Å². The van der Waals surface area contributed by atoms with Gasteiger partial charge in [-0.2, -0.15) is 4.39 Å². The number of imidazole rings is 1. The van der Waals surface area contributed by atoms with E-state index in [1.54, 1.807) is 18.3 Å². The Morgan fingerprint density at radius 2 is 2.18 bits per heavy atom. The lowest BCUT2D eigenvalue weighted by atomic mass is 10.2. The van der Waals surface area contributed by atoms with Gasteiger partial charge in [0.15, 0.2) is 0 Å². The molecule has 3 rings (SSSR count). The molecule has 0 atom stereocenters. The summed E-state index contributed by atoms with van der Waals surface area (Å²) in [5.74, 6) is 0.547. The van der Waals surface area contributed by atoms with Gasteiger partial charge in [-0.25, -0.2) is 9.97 Å². The van der Waals surface area contributed by atoms with Crippen molar-refractivity contribution in [2.24, 2.45) is 0 Å². The van der Waals surface area contributed by atoms with Crippen molar-refractivity contribution in [1.29, 1.82) is 0 Å². The molecular formula is C12H13FN4. The molecule has 1 aliphatic rings. The molecule has 0 unspecified atom stereocenters. The summed E-state index contributed by atoms with van der Waals surface area (Å²) in [5.41, 5.74) is 1.34. The summed E-state index contributed by atoms with van der Waals surface area (Å²) in [6.45, 7) is 2.61. The molecule has 0 aliphatic carbocycles. The second-order valence-electron chi connectivity index (χ2n) is 4.29. The lowest BCUT2D eigenvalue weighted by Crippen LogP contribution is -2.30. The second-order valence-corrected chi connectivity index (χ2v) is 4.29. The van der Waals surface area contributed by atoms with Crippen LogP contribution in [-0.4, -0.2) is 33.0 Å². The van der Waals surface area contributed by atoms with Crippen LogP contribution >= 0.6 is 0 Å². The van der Waals surface area contributed by atoms with E-state index in [4.69, 9.17) is 0 Å². The summed E-state index contributed by atoms with van der Waals surface area (Å²) in [6, 6.07) is 3.48. The van der Waals surface area contributed by atoms with Crippen LogP contribution in [0.15, 0.2) is 24.5 Å². The van der Waals surface area contributed by atoms with Crippen LogP contribution in [0.3, 0.4) is 0 Å². The molecule has 0 fully saturated rings. The van der Waals surface area contributed by atoms with Gasteiger partial charge in [0.2, 0.25) is 5.95 Å². The maximum Gasteiger partial charge on any atom is 0.222 e. The van der Waals surface area contributed by atoms with Gasteiger partial charge in [-0.3, -0.25) is 4.90 Å². The van der Waals surface area contributed by atoms with E-state index in [1.165, 1.54) is 6.20 Å². The van der Waals surface area contributed by atoms with Crippen LogP contribution < -0.4 is 0 Å². The lowest BCUT2D eigenvalue weighted by molar-refractivity contribution is 0.265. The van der Waals surface area contributed by atoms with Crippen LogP contribution in [0.1, 0.15) is 5.82 Å². The van der Waals surface area contributed by atoms with E-state index in [9.17, 15) is 4.39 Å². The van der Waals surface area contributed by atoms with E-state index < -0.39 is 5.95 Å². The summed E-state index contributed by atoms with van der Waals surface area (Å²) in [5, 5.41) is 0. The molecule has 0 aromatic carbocycles. The molecule has 88 valence electrons. The molecule has 4 nitrogen and oxygen atoms in total. The summed E-state index contributed by atoms with van der Waals surface area (Å²) < 4.78 is 15.7. The van der Waals surface area contributed by atoms with Gasteiger partial charge in [0, 0.05) is 19.3 Å². The first-order chi connectivity index (χ1) is 8.25. The molecule has 5 heteroatoms. The molecule has 1 aliphatic heterocycles. The largest absolute Gasteiger partial charge is 0.326 e. The molecule has 2 aromatic rings. The first-order valence-corrected chi connectivity index (χ1v) is 5.59. The molecule has 0 amide bonds. The monoisotopic (exact) mass is 232 g/mol. The fourth-order valence-corrected chi connectivity index (χ4v) is 2.17. The fourth-order valence-electron chi connectivity index (χ4n) is 2.17. The molecule has 0 radical (unpaired) electrons. The van der Waals surface area contributed by atoms with Gasteiger partial charge in [-0.1, -0.05) is 0 Å². The molecule has 17 heavy (non-hydrogen) atoms. The number of aromatic nitrogens is 3. The second kappa shape index (κ2) is 3.92. The highest BCUT2D eigenvalue weighted by Gasteiger charge is 2.19. The minimum Gasteiger partial charge on any atom is -0.326 e. The van der Waals surface area contributed by atoms with E-state index >= 15 is 0 Å². The third-order valence-corrected chi connectivity index (χ3v) is 3.09. The summed E-state index contributed by atoms with van der Waals surface area (Å²) >= 11 is 0. The fraction of sp³-hybridized carbons (Fsp3) is 0.333. The van der Waals surface area contributed by atoms with Gasteiger partial charge < -0.3 is 4.57 Å². The SMILES string of the molecule is CN1CCn2c(-c3cccnc3F)cnc2C1. The highest BCUT2D eigenvalue weighted by Crippen LogP contribution is 2.24. The zero-order valence-corrected chi connectivity index (χ0v) is 9.60. The van der Waals surface area contributed by atoms with Gasteiger partial charge in [0.05, 0.1) is 24.0 Å². The number of hydrogen-bond donors (Lipinski definition) is 0. The number of pyridine rings is 1. The van der Waals surface area contributed by atoms with Gasteiger partial charge >= 0.3 is 0 Å². The van der Waals surface area contributed by atoms with Crippen LogP contribution in [0, 0.1) is 5.95 Å². The number of fused-ring (bicyclic) bond motifs is 1. The molecule has 0 bridgehead atoms. The molecule has 0 spiro atoms. The standard InChI is InChI=1S/C12H13FN4/c1-16-5-6-17-10(7-15-11(17)8-16)9-3-2-4-14-12(9)13/h2-4,7H,5-6,8H2,1H3. The van der Waals surface area contributed by atoms with Crippen molar-refractivity contribution in [2.45, 2.75) is 13.1 Å². The van der Waals surface area contributed by atoms with Gasteiger partial charge in [-0.05, 0) is 19.2 Å². The minimum absolute atomic E-state index is 0.436. The highest BCUT2D eigenvalue weighted by atomic mass is 19.1. The molecule has 2 aromatic heterocycles. The van der Waals surface area contributed by atoms with E-state index in [1.807, 2.05) is 0 Å². The topological polar surface area (TPSA) is 34.0 Å². The molecule has 0 N–H and O–H groups in total. The Morgan fingerprint density at radius 3 is 3.00 bits per heavy atom. The average Bonchev–Trinajstić information content (AvgIpc) is 2.72. The Morgan fingerprint density at radius 1 is 1.29 bits per heavy atom. The number of halogens is 1. The van der Waals surface area contributed by atoms with Gasteiger partial charge in [-0.15, -0.1) is 0 Å². The van der Waals surface area contributed by atoms with E-state index in [0.717, 1.165) is 31.2 Å². The van der Waals surface area contributed by atoms with E-state index in [2.05, 4.69) is 26.5 Å². The Balaban J connectivity index is 2.09. The molecule has 0 saturated heterocycles. The quantitative estimate of drug-likeness (QED) is 0.699. The van der Waals surface area contributed by atoms with Gasteiger partial charge in [0.25, 0.3) is 0 Å². The molecule has 3 heterocycles. The third kappa shape index (κ3) is 1.72. The van der Waals surface area contributed by atoms with Crippen LogP contribution in [-0.2, 0) is 13.1 Å². The van der Waals surface area contributed by atoms with Gasteiger partial charge in [0.1, 0.15) is 5.82 Å². The highest BCUT2D eigenvalue weighted by molar-refractivity contribution is 5.58. The number of hydrogen-bond acceptors (Lipinski definition) is 3. The van der Waals surface area contributed by atoms with Crippen molar-refractivity contribution in [3.05, 3.63) is 36.3 Å². The number of nitrogens with zero attached hydrogens (tertiary/aromatic N) is 4. The predicted molar refractivity (Wildman–Crippen MR) is 61.8 cm³/mol. The van der Waals surface area contributed by atoms with Crippen LogP contribution in [0.2, 0.25) is 0 Å². The van der Waals surface area contributed by atoms with Crippen LogP contribution in [0.5, 0.6) is 0 Å². The maximum absolute atomic E-state index is 13.6. The van der Waals surface area contributed by atoms with Crippen molar-refractivity contribution in [3.8, 4) is 11.3 Å². The van der Waals surface area contributed by atoms with Crippen molar-refractivity contribution >= 4 is 0 Å². The number of rotatable bonds is 1. The van der Waals surface area contributed by atoms with E-state index in [-0.39, 0.29) is 0 Å². The van der Waals surface area contributed by atoms with E-state index in [0.29, 0.717) is 5.56 Å². The summed E-state index contributed by atoms with van der Waals surface area (Å²) in [4.78, 5) is 10.2. The lowest BCUT2D eigenvalue weighted by Gasteiger charge is -2.24. The zero-order valence-electron chi connectivity index (χ0n) is 9.60. The molecule has 0 saturated carbocycles. The Kier molecular flexibility index (Phi) is 2.40. The summed E-state index contributed by atoms with van der Waals surface area (Å²) in [6.07, 6.45) is 3.19. The smallest absolute Gasteiger partial charge is 0.222 e. The first kappa shape index (κ1) is 10.4. The summed E-state index contributed by atoms with van der Waals surface area (Å²) in [7, 11) is 2.06.